The summed E-state index contributed by atoms with van der Waals surface area (Å²) >= 11 is 0. The molecule has 0 atom stereocenters. The fraction of sp³-hybridized carbons (Fsp3) is 0.412. The highest BCUT2D eigenvalue weighted by Gasteiger charge is 2.34. The molecule has 0 unspecified atom stereocenters. The normalized spacial score (nSPS) is 14.2. The number of benzene rings is 1. The van der Waals surface area contributed by atoms with Crippen LogP contribution in [-0.2, 0) is 13.6 Å². The molecule has 1 heterocycles. The van der Waals surface area contributed by atoms with E-state index in [1.54, 1.807) is 4.68 Å². The van der Waals surface area contributed by atoms with E-state index in [1.165, 1.54) is 11.1 Å². The molecule has 0 radical (unpaired) electrons. The van der Waals surface area contributed by atoms with Crippen molar-refractivity contribution in [1.82, 2.24) is 14.7 Å². The molecule has 4 nitrogen and oxygen atoms in total. The molecule has 1 aliphatic carbocycles. The van der Waals surface area contributed by atoms with Crippen molar-refractivity contribution in [3.63, 3.8) is 0 Å². The van der Waals surface area contributed by atoms with Crippen LogP contribution in [0.5, 0.6) is 0 Å². The highest BCUT2D eigenvalue weighted by atomic mass is 16.2. The molecule has 4 heteroatoms. The minimum atomic E-state index is 0.0458. The minimum Gasteiger partial charge on any atom is -0.330 e. The molecule has 2 aromatic rings. The number of hydrogen-bond acceptors (Lipinski definition) is 2. The fourth-order valence-corrected chi connectivity index (χ4v) is 2.54. The van der Waals surface area contributed by atoms with Crippen LogP contribution in [0.15, 0.2) is 30.3 Å². The molecular weight excluding hydrogens is 262 g/mol. The van der Waals surface area contributed by atoms with Gasteiger partial charge < -0.3 is 4.90 Å². The maximum absolute atomic E-state index is 12.8. The Morgan fingerprint density at radius 2 is 2.05 bits per heavy atom. The van der Waals surface area contributed by atoms with Gasteiger partial charge in [-0.05, 0) is 43.9 Å². The van der Waals surface area contributed by atoms with Crippen LogP contribution in [-0.4, -0.2) is 26.6 Å². The van der Waals surface area contributed by atoms with Crippen LogP contribution in [0.4, 0.5) is 0 Å². The third-order valence-corrected chi connectivity index (χ3v) is 4.18. The standard InChI is InChI=1S/C17H21N3O/c1-12-6-4-5-7-14(12)11-20(15-8-9-15)17(21)16-10-13(2)19(3)18-16/h4-7,10,15H,8-9,11H2,1-3H3. The summed E-state index contributed by atoms with van der Waals surface area (Å²) in [5.41, 5.74) is 4.00. The summed E-state index contributed by atoms with van der Waals surface area (Å²) < 4.78 is 1.76. The Labute approximate surface area is 125 Å². The van der Waals surface area contributed by atoms with Gasteiger partial charge in [0, 0.05) is 25.3 Å². The summed E-state index contributed by atoms with van der Waals surface area (Å²) in [6.07, 6.45) is 2.20. The van der Waals surface area contributed by atoms with Gasteiger partial charge in [-0.25, -0.2) is 0 Å². The van der Waals surface area contributed by atoms with Gasteiger partial charge in [-0.15, -0.1) is 0 Å². The van der Waals surface area contributed by atoms with Crippen molar-refractivity contribution in [2.24, 2.45) is 7.05 Å². The molecule has 0 aliphatic heterocycles. The molecule has 1 aliphatic rings. The van der Waals surface area contributed by atoms with Crippen LogP contribution < -0.4 is 0 Å². The van der Waals surface area contributed by atoms with Crippen LogP contribution in [0.1, 0.15) is 40.2 Å². The molecule has 1 saturated carbocycles. The predicted octanol–water partition coefficient (Wildman–Crippen LogP) is 2.84. The van der Waals surface area contributed by atoms with E-state index in [0.717, 1.165) is 18.5 Å². The van der Waals surface area contributed by atoms with Gasteiger partial charge in [0.1, 0.15) is 0 Å². The lowest BCUT2D eigenvalue weighted by Gasteiger charge is -2.22. The van der Waals surface area contributed by atoms with Gasteiger partial charge in [-0.2, -0.15) is 5.10 Å². The zero-order valence-corrected chi connectivity index (χ0v) is 12.8. The van der Waals surface area contributed by atoms with Gasteiger partial charge in [0.05, 0.1) is 0 Å². The number of hydrogen-bond donors (Lipinski definition) is 0. The van der Waals surface area contributed by atoms with E-state index in [1.807, 2.05) is 37.1 Å². The molecule has 110 valence electrons. The first kappa shape index (κ1) is 13.9. The molecule has 21 heavy (non-hydrogen) atoms. The van der Waals surface area contributed by atoms with Crippen LogP contribution in [0.3, 0.4) is 0 Å². The monoisotopic (exact) mass is 283 g/mol. The van der Waals surface area contributed by atoms with Crippen molar-refractivity contribution in [2.75, 3.05) is 0 Å². The van der Waals surface area contributed by atoms with E-state index in [0.29, 0.717) is 18.3 Å². The molecule has 0 N–H and O–H groups in total. The first-order valence-corrected chi connectivity index (χ1v) is 7.42. The van der Waals surface area contributed by atoms with E-state index >= 15 is 0 Å². The number of nitrogens with zero attached hydrogens (tertiary/aromatic N) is 3. The Morgan fingerprint density at radius 3 is 2.62 bits per heavy atom. The van der Waals surface area contributed by atoms with E-state index in [9.17, 15) is 4.79 Å². The second-order valence-electron chi connectivity index (χ2n) is 5.89. The fourth-order valence-electron chi connectivity index (χ4n) is 2.54. The van der Waals surface area contributed by atoms with Crippen LogP contribution >= 0.6 is 0 Å². The first-order chi connectivity index (χ1) is 10.1. The Morgan fingerprint density at radius 1 is 1.33 bits per heavy atom. The van der Waals surface area contributed by atoms with Gasteiger partial charge in [-0.3, -0.25) is 9.48 Å². The molecule has 3 rings (SSSR count). The Balaban J connectivity index is 1.85. The van der Waals surface area contributed by atoms with Crippen molar-refractivity contribution in [2.45, 2.75) is 39.3 Å². The highest BCUT2D eigenvalue weighted by molar-refractivity contribution is 5.92. The maximum atomic E-state index is 12.8. The van der Waals surface area contributed by atoms with Crippen molar-refractivity contribution < 1.29 is 4.79 Å². The van der Waals surface area contributed by atoms with Crippen molar-refractivity contribution in [3.05, 3.63) is 52.8 Å². The van der Waals surface area contributed by atoms with Crippen molar-refractivity contribution >= 4 is 5.91 Å². The van der Waals surface area contributed by atoms with E-state index < -0.39 is 0 Å². The van der Waals surface area contributed by atoms with Gasteiger partial charge >= 0.3 is 0 Å². The molecule has 1 aromatic carbocycles. The average Bonchev–Trinajstić information content (AvgIpc) is 3.24. The molecule has 0 spiro atoms. The number of carbonyl (C=O) groups is 1. The van der Waals surface area contributed by atoms with Crippen LogP contribution in [0.25, 0.3) is 0 Å². The highest BCUT2D eigenvalue weighted by Crippen LogP contribution is 2.30. The van der Waals surface area contributed by atoms with Gasteiger partial charge in [0.2, 0.25) is 0 Å². The molecule has 0 bridgehead atoms. The third kappa shape index (κ3) is 2.84. The number of amides is 1. The lowest BCUT2D eigenvalue weighted by atomic mass is 10.1. The summed E-state index contributed by atoms with van der Waals surface area (Å²) in [7, 11) is 1.87. The number of rotatable bonds is 4. The molecule has 0 saturated heterocycles. The summed E-state index contributed by atoms with van der Waals surface area (Å²) in [5.74, 6) is 0.0458. The maximum Gasteiger partial charge on any atom is 0.274 e. The van der Waals surface area contributed by atoms with E-state index in [4.69, 9.17) is 0 Å². The minimum absolute atomic E-state index is 0.0458. The second kappa shape index (κ2) is 5.35. The number of aryl methyl sites for hydroxylation is 3. The van der Waals surface area contributed by atoms with Gasteiger partial charge in [0.15, 0.2) is 5.69 Å². The smallest absolute Gasteiger partial charge is 0.274 e. The quantitative estimate of drug-likeness (QED) is 0.865. The Bertz CT molecular complexity index is 651. The summed E-state index contributed by atoms with van der Waals surface area (Å²) in [5, 5.41) is 4.33. The zero-order chi connectivity index (χ0) is 15.0. The lowest BCUT2D eigenvalue weighted by molar-refractivity contribution is 0.0723. The Kier molecular flexibility index (Phi) is 3.53. The molecule has 1 amide bonds. The lowest BCUT2D eigenvalue weighted by Crippen LogP contribution is -2.33. The molecular formula is C17H21N3O. The number of carbonyl (C=O) groups excluding carboxylic acids is 1. The zero-order valence-electron chi connectivity index (χ0n) is 12.8. The van der Waals surface area contributed by atoms with E-state index in [2.05, 4.69) is 24.2 Å². The van der Waals surface area contributed by atoms with Crippen molar-refractivity contribution in [1.29, 1.82) is 0 Å². The van der Waals surface area contributed by atoms with Gasteiger partial charge in [-0.1, -0.05) is 24.3 Å². The van der Waals surface area contributed by atoms with E-state index in [-0.39, 0.29) is 5.91 Å². The molecule has 1 fully saturated rings. The van der Waals surface area contributed by atoms with Crippen LogP contribution in [0.2, 0.25) is 0 Å². The SMILES string of the molecule is Cc1ccccc1CN(C(=O)c1cc(C)n(C)n1)C1CC1. The summed E-state index contributed by atoms with van der Waals surface area (Å²) in [6, 6.07) is 10.5. The van der Waals surface area contributed by atoms with Crippen molar-refractivity contribution in [3.8, 4) is 0 Å². The second-order valence-corrected chi connectivity index (χ2v) is 5.89. The first-order valence-electron chi connectivity index (χ1n) is 7.42. The predicted molar refractivity (Wildman–Crippen MR) is 82.0 cm³/mol. The molecule has 1 aromatic heterocycles. The average molecular weight is 283 g/mol. The number of aromatic nitrogens is 2. The van der Waals surface area contributed by atoms with Crippen LogP contribution in [0, 0.1) is 13.8 Å². The summed E-state index contributed by atoms with van der Waals surface area (Å²) in [4.78, 5) is 14.7. The third-order valence-electron chi connectivity index (χ3n) is 4.18. The Hall–Kier alpha value is -2.10. The topological polar surface area (TPSA) is 38.1 Å². The largest absolute Gasteiger partial charge is 0.330 e. The van der Waals surface area contributed by atoms with Gasteiger partial charge in [0.25, 0.3) is 5.91 Å². The summed E-state index contributed by atoms with van der Waals surface area (Å²) in [6.45, 7) is 4.73.